The number of hydrogen-bond donors (Lipinski definition) is 0. The molecule has 1 aliphatic carbocycles. The molecule has 2 aliphatic rings. The number of hydrogen-bond acceptors (Lipinski definition) is 1. The molecule has 1 nitrogen and oxygen atoms in total. The summed E-state index contributed by atoms with van der Waals surface area (Å²) >= 11 is 0. The van der Waals surface area contributed by atoms with Crippen LogP contribution in [0.25, 0.3) is 0 Å². The maximum Gasteiger partial charge on any atom is 0.0467 e. The van der Waals surface area contributed by atoms with Gasteiger partial charge in [-0.1, -0.05) is 24.3 Å². The first-order valence-electron chi connectivity index (χ1n) is 6.09. The normalized spacial score (nSPS) is 23.1. The van der Waals surface area contributed by atoms with Gasteiger partial charge < -0.3 is 0 Å². The molecule has 3 rings (SSSR count). The van der Waals surface area contributed by atoms with E-state index in [1.54, 1.807) is 11.1 Å². The van der Waals surface area contributed by atoms with Gasteiger partial charge in [0.2, 0.25) is 0 Å². The molecule has 1 aromatic rings. The minimum Gasteiger partial charge on any atom is -0.291 e. The second kappa shape index (κ2) is 3.08. The number of rotatable bonds is 1. The summed E-state index contributed by atoms with van der Waals surface area (Å²) in [6.45, 7) is 5.90. The number of nitrogens with zero attached hydrogens (tertiary/aromatic N) is 1. The minimum atomic E-state index is 0.434. The summed E-state index contributed by atoms with van der Waals surface area (Å²) < 4.78 is 0. The second-order valence-corrected chi connectivity index (χ2v) is 5.23. The van der Waals surface area contributed by atoms with Crippen molar-refractivity contribution in [3.05, 3.63) is 35.4 Å². The largest absolute Gasteiger partial charge is 0.291 e. The maximum atomic E-state index is 2.70. The molecule has 1 heteroatoms. The molecule has 0 bridgehead atoms. The third-order valence-electron chi connectivity index (χ3n) is 4.04. The SMILES string of the molecule is CC(C)N1CCc2ccccc2C12CC2. The Labute approximate surface area is 92.1 Å². The molecule has 80 valence electrons. The third-order valence-corrected chi connectivity index (χ3v) is 4.04. The average Bonchev–Trinajstić information content (AvgIpc) is 3.00. The van der Waals surface area contributed by atoms with Crippen LogP contribution in [-0.2, 0) is 12.0 Å². The topological polar surface area (TPSA) is 3.24 Å². The van der Waals surface area contributed by atoms with Crippen molar-refractivity contribution < 1.29 is 0 Å². The first-order valence-corrected chi connectivity index (χ1v) is 6.09. The van der Waals surface area contributed by atoms with E-state index < -0.39 is 0 Å². The Morgan fingerprint density at radius 1 is 1.20 bits per heavy atom. The lowest BCUT2D eigenvalue weighted by atomic mass is 9.89. The van der Waals surface area contributed by atoms with Crippen molar-refractivity contribution in [1.82, 2.24) is 4.90 Å². The van der Waals surface area contributed by atoms with Gasteiger partial charge in [-0.3, -0.25) is 4.90 Å². The molecule has 15 heavy (non-hydrogen) atoms. The number of fused-ring (bicyclic) bond motifs is 2. The van der Waals surface area contributed by atoms with Crippen molar-refractivity contribution in [2.75, 3.05) is 6.54 Å². The van der Waals surface area contributed by atoms with Gasteiger partial charge in [0.1, 0.15) is 0 Å². The van der Waals surface area contributed by atoms with E-state index in [-0.39, 0.29) is 0 Å². The van der Waals surface area contributed by atoms with Gasteiger partial charge in [0.05, 0.1) is 0 Å². The fourth-order valence-electron chi connectivity index (χ4n) is 3.23. The van der Waals surface area contributed by atoms with E-state index in [2.05, 4.69) is 43.0 Å². The lowest BCUT2D eigenvalue weighted by Crippen LogP contribution is -2.45. The summed E-state index contributed by atoms with van der Waals surface area (Å²) in [5.74, 6) is 0. The zero-order chi connectivity index (χ0) is 10.5. The molecule has 0 amide bonds. The fraction of sp³-hybridized carbons (Fsp3) is 0.571. The highest BCUT2D eigenvalue weighted by atomic mass is 15.3. The summed E-state index contributed by atoms with van der Waals surface area (Å²) in [7, 11) is 0. The van der Waals surface area contributed by atoms with Gasteiger partial charge in [-0.05, 0) is 44.2 Å². The summed E-state index contributed by atoms with van der Waals surface area (Å²) in [6.07, 6.45) is 3.96. The fourth-order valence-corrected chi connectivity index (χ4v) is 3.23. The summed E-state index contributed by atoms with van der Waals surface area (Å²) in [6, 6.07) is 9.72. The summed E-state index contributed by atoms with van der Waals surface area (Å²) in [5, 5.41) is 0. The quantitative estimate of drug-likeness (QED) is 0.675. The molecule has 1 aromatic carbocycles. The third kappa shape index (κ3) is 1.26. The predicted molar refractivity (Wildman–Crippen MR) is 62.9 cm³/mol. The van der Waals surface area contributed by atoms with E-state index in [1.807, 2.05) is 0 Å². The van der Waals surface area contributed by atoms with Crippen LogP contribution in [0.5, 0.6) is 0 Å². The highest BCUT2D eigenvalue weighted by Crippen LogP contribution is 2.54. The molecule has 1 heterocycles. The van der Waals surface area contributed by atoms with Crippen LogP contribution in [-0.4, -0.2) is 17.5 Å². The van der Waals surface area contributed by atoms with Crippen molar-refractivity contribution in [3.8, 4) is 0 Å². The molecule has 0 unspecified atom stereocenters. The molecule has 1 spiro atoms. The van der Waals surface area contributed by atoms with E-state index in [0.29, 0.717) is 11.6 Å². The first-order chi connectivity index (χ1) is 7.24. The van der Waals surface area contributed by atoms with E-state index in [9.17, 15) is 0 Å². The van der Waals surface area contributed by atoms with E-state index in [1.165, 1.54) is 25.8 Å². The smallest absolute Gasteiger partial charge is 0.0467 e. The van der Waals surface area contributed by atoms with Gasteiger partial charge in [0.15, 0.2) is 0 Å². The molecule has 1 fully saturated rings. The highest BCUT2D eigenvalue weighted by molar-refractivity contribution is 5.40. The van der Waals surface area contributed by atoms with Crippen LogP contribution in [0.1, 0.15) is 37.8 Å². The lowest BCUT2D eigenvalue weighted by molar-refractivity contribution is 0.123. The van der Waals surface area contributed by atoms with Crippen LogP contribution in [0.3, 0.4) is 0 Å². The molecule has 0 saturated heterocycles. The van der Waals surface area contributed by atoms with Crippen LogP contribution in [0, 0.1) is 0 Å². The van der Waals surface area contributed by atoms with E-state index >= 15 is 0 Å². The van der Waals surface area contributed by atoms with Crippen molar-refractivity contribution in [2.24, 2.45) is 0 Å². The van der Waals surface area contributed by atoms with Crippen LogP contribution in [0.15, 0.2) is 24.3 Å². The first kappa shape index (κ1) is 9.41. The molecular weight excluding hydrogens is 182 g/mol. The lowest BCUT2D eigenvalue weighted by Gasteiger charge is -2.40. The second-order valence-electron chi connectivity index (χ2n) is 5.23. The Kier molecular flexibility index (Phi) is 1.93. The Morgan fingerprint density at radius 3 is 2.60 bits per heavy atom. The summed E-state index contributed by atoms with van der Waals surface area (Å²) in [4.78, 5) is 2.70. The molecule has 0 radical (unpaired) electrons. The molecule has 1 saturated carbocycles. The van der Waals surface area contributed by atoms with Crippen molar-refractivity contribution in [2.45, 2.75) is 44.7 Å². The zero-order valence-electron chi connectivity index (χ0n) is 9.66. The maximum absolute atomic E-state index is 2.70. The van der Waals surface area contributed by atoms with Crippen LogP contribution in [0.4, 0.5) is 0 Å². The van der Waals surface area contributed by atoms with Gasteiger partial charge in [-0.2, -0.15) is 0 Å². The predicted octanol–water partition coefficient (Wildman–Crippen LogP) is 2.94. The highest BCUT2D eigenvalue weighted by Gasteiger charge is 2.52. The number of benzene rings is 1. The van der Waals surface area contributed by atoms with E-state index in [0.717, 1.165) is 0 Å². The van der Waals surface area contributed by atoms with Crippen molar-refractivity contribution >= 4 is 0 Å². The molecule has 0 aromatic heterocycles. The molecule has 0 N–H and O–H groups in total. The Balaban J connectivity index is 2.06. The van der Waals surface area contributed by atoms with Crippen LogP contribution < -0.4 is 0 Å². The Bertz CT molecular complexity index is 377. The van der Waals surface area contributed by atoms with Gasteiger partial charge in [0.25, 0.3) is 0 Å². The summed E-state index contributed by atoms with van der Waals surface area (Å²) in [5.41, 5.74) is 3.64. The molecule has 0 atom stereocenters. The van der Waals surface area contributed by atoms with Gasteiger partial charge in [-0.25, -0.2) is 0 Å². The minimum absolute atomic E-state index is 0.434. The standard InChI is InChI=1S/C14H19N/c1-11(2)15-10-7-12-5-3-4-6-13(12)14(15)8-9-14/h3-6,11H,7-10H2,1-2H3. The van der Waals surface area contributed by atoms with Gasteiger partial charge in [0, 0.05) is 18.1 Å². The average molecular weight is 201 g/mol. The zero-order valence-corrected chi connectivity index (χ0v) is 9.66. The monoisotopic (exact) mass is 201 g/mol. The van der Waals surface area contributed by atoms with Crippen molar-refractivity contribution in [3.63, 3.8) is 0 Å². The van der Waals surface area contributed by atoms with Gasteiger partial charge >= 0.3 is 0 Å². The van der Waals surface area contributed by atoms with Gasteiger partial charge in [-0.15, -0.1) is 0 Å². The van der Waals surface area contributed by atoms with Crippen LogP contribution >= 0.6 is 0 Å². The Hall–Kier alpha value is -0.820. The van der Waals surface area contributed by atoms with Crippen molar-refractivity contribution in [1.29, 1.82) is 0 Å². The Morgan fingerprint density at radius 2 is 1.93 bits per heavy atom. The molecule has 1 aliphatic heterocycles. The van der Waals surface area contributed by atoms with E-state index in [4.69, 9.17) is 0 Å². The molecular formula is C14H19N. The van der Waals surface area contributed by atoms with Crippen LogP contribution in [0.2, 0.25) is 0 Å².